The standard InChI is InChI=1S/C9H8BrN5/c10-6-3-1-2-5(4-6)7-8(11)13-9(12)15-14-7/h1-4H,(H4,11,12,13,15). The van der Waals surface area contributed by atoms with Gasteiger partial charge in [0.05, 0.1) is 0 Å². The molecule has 0 atom stereocenters. The minimum Gasteiger partial charge on any atom is -0.382 e. The fraction of sp³-hybridized carbons (Fsp3) is 0. The van der Waals surface area contributed by atoms with Crippen molar-refractivity contribution in [2.24, 2.45) is 0 Å². The van der Waals surface area contributed by atoms with Crippen LogP contribution in [-0.2, 0) is 0 Å². The van der Waals surface area contributed by atoms with Gasteiger partial charge in [0.25, 0.3) is 0 Å². The van der Waals surface area contributed by atoms with Crippen LogP contribution in [0.4, 0.5) is 11.8 Å². The van der Waals surface area contributed by atoms with Crippen LogP contribution in [0.3, 0.4) is 0 Å². The van der Waals surface area contributed by atoms with E-state index in [2.05, 4.69) is 31.1 Å². The van der Waals surface area contributed by atoms with Gasteiger partial charge in [0, 0.05) is 10.0 Å². The Morgan fingerprint density at radius 2 is 1.93 bits per heavy atom. The molecule has 0 aliphatic carbocycles. The number of hydrogen-bond donors (Lipinski definition) is 2. The molecule has 0 saturated carbocycles. The Hall–Kier alpha value is -1.69. The zero-order valence-corrected chi connectivity index (χ0v) is 9.27. The van der Waals surface area contributed by atoms with Gasteiger partial charge in [-0.25, -0.2) is 0 Å². The van der Waals surface area contributed by atoms with Crippen LogP contribution in [0.25, 0.3) is 11.3 Å². The maximum atomic E-state index is 5.69. The molecule has 0 fully saturated rings. The molecule has 0 bridgehead atoms. The maximum absolute atomic E-state index is 5.69. The average molecular weight is 266 g/mol. The number of anilines is 2. The Kier molecular flexibility index (Phi) is 2.51. The third-order valence-electron chi connectivity index (χ3n) is 1.83. The quantitative estimate of drug-likeness (QED) is 0.815. The van der Waals surface area contributed by atoms with E-state index in [0.717, 1.165) is 10.0 Å². The molecule has 1 heterocycles. The highest BCUT2D eigenvalue weighted by Crippen LogP contribution is 2.24. The van der Waals surface area contributed by atoms with E-state index in [1.807, 2.05) is 24.3 Å². The molecule has 0 radical (unpaired) electrons. The van der Waals surface area contributed by atoms with E-state index >= 15 is 0 Å². The van der Waals surface area contributed by atoms with Crippen molar-refractivity contribution in [1.29, 1.82) is 0 Å². The summed E-state index contributed by atoms with van der Waals surface area (Å²) in [7, 11) is 0. The van der Waals surface area contributed by atoms with Crippen molar-refractivity contribution in [3.63, 3.8) is 0 Å². The van der Waals surface area contributed by atoms with E-state index in [9.17, 15) is 0 Å². The molecular weight excluding hydrogens is 258 g/mol. The molecule has 0 unspecified atom stereocenters. The second-order valence-electron chi connectivity index (χ2n) is 2.91. The molecule has 0 aliphatic heterocycles. The number of aromatic nitrogens is 3. The van der Waals surface area contributed by atoms with E-state index in [-0.39, 0.29) is 11.8 Å². The van der Waals surface area contributed by atoms with Crippen LogP contribution in [0.2, 0.25) is 0 Å². The van der Waals surface area contributed by atoms with Gasteiger partial charge >= 0.3 is 0 Å². The second kappa shape index (κ2) is 3.82. The molecule has 76 valence electrons. The minimum absolute atomic E-state index is 0.0752. The summed E-state index contributed by atoms with van der Waals surface area (Å²) in [5.41, 5.74) is 12.4. The summed E-state index contributed by atoms with van der Waals surface area (Å²) in [4.78, 5) is 3.85. The smallest absolute Gasteiger partial charge is 0.242 e. The summed E-state index contributed by atoms with van der Waals surface area (Å²) in [5.74, 6) is 0.354. The topological polar surface area (TPSA) is 90.7 Å². The number of nitrogen functional groups attached to an aromatic ring is 2. The molecule has 5 nitrogen and oxygen atoms in total. The van der Waals surface area contributed by atoms with Crippen molar-refractivity contribution < 1.29 is 0 Å². The third kappa shape index (κ3) is 2.04. The lowest BCUT2D eigenvalue weighted by atomic mass is 10.1. The first kappa shape index (κ1) is 9.85. The fourth-order valence-electron chi connectivity index (χ4n) is 1.19. The van der Waals surface area contributed by atoms with E-state index in [0.29, 0.717) is 5.69 Å². The van der Waals surface area contributed by atoms with Crippen molar-refractivity contribution in [3.8, 4) is 11.3 Å². The monoisotopic (exact) mass is 265 g/mol. The number of rotatable bonds is 1. The number of hydrogen-bond acceptors (Lipinski definition) is 5. The number of nitrogens with zero attached hydrogens (tertiary/aromatic N) is 3. The predicted octanol–water partition coefficient (Wildman–Crippen LogP) is 1.47. The lowest BCUT2D eigenvalue weighted by Gasteiger charge is -2.03. The summed E-state index contributed by atoms with van der Waals surface area (Å²) >= 11 is 3.36. The van der Waals surface area contributed by atoms with Gasteiger partial charge in [0.15, 0.2) is 5.82 Å². The zero-order chi connectivity index (χ0) is 10.8. The van der Waals surface area contributed by atoms with Gasteiger partial charge in [-0.3, -0.25) is 0 Å². The third-order valence-corrected chi connectivity index (χ3v) is 2.32. The molecule has 0 aliphatic rings. The SMILES string of the molecule is Nc1nnc(-c2cccc(Br)c2)c(N)n1. The highest BCUT2D eigenvalue weighted by molar-refractivity contribution is 9.10. The lowest BCUT2D eigenvalue weighted by Crippen LogP contribution is -2.04. The fourth-order valence-corrected chi connectivity index (χ4v) is 1.59. The summed E-state index contributed by atoms with van der Waals surface area (Å²) < 4.78 is 0.943. The Balaban J connectivity index is 2.54. The summed E-state index contributed by atoms with van der Waals surface area (Å²) in [5, 5.41) is 7.57. The molecule has 1 aromatic heterocycles. The van der Waals surface area contributed by atoms with E-state index in [1.54, 1.807) is 0 Å². The van der Waals surface area contributed by atoms with Gasteiger partial charge in [-0.05, 0) is 12.1 Å². The molecule has 0 spiro atoms. The van der Waals surface area contributed by atoms with Crippen molar-refractivity contribution in [2.45, 2.75) is 0 Å². The summed E-state index contributed by atoms with van der Waals surface area (Å²) in [6.45, 7) is 0. The van der Waals surface area contributed by atoms with Crippen molar-refractivity contribution in [3.05, 3.63) is 28.7 Å². The van der Waals surface area contributed by atoms with Gasteiger partial charge in [0.1, 0.15) is 5.69 Å². The Morgan fingerprint density at radius 1 is 1.13 bits per heavy atom. The highest BCUT2D eigenvalue weighted by Gasteiger charge is 2.07. The molecule has 6 heteroatoms. The first-order chi connectivity index (χ1) is 7.16. The molecule has 1 aromatic carbocycles. The summed E-state index contributed by atoms with van der Waals surface area (Å²) in [6, 6.07) is 7.57. The largest absolute Gasteiger partial charge is 0.382 e. The molecule has 0 saturated heterocycles. The molecule has 15 heavy (non-hydrogen) atoms. The first-order valence-electron chi connectivity index (χ1n) is 4.18. The van der Waals surface area contributed by atoms with Crippen molar-refractivity contribution in [2.75, 3.05) is 11.5 Å². The lowest BCUT2D eigenvalue weighted by molar-refractivity contribution is 0.999. The number of halogens is 1. The average Bonchev–Trinajstić information content (AvgIpc) is 2.17. The molecule has 2 aromatic rings. The van der Waals surface area contributed by atoms with Gasteiger partial charge < -0.3 is 11.5 Å². The maximum Gasteiger partial charge on any atom is 0.242 e. The van der Waals surface area contributed by atoms with Crippen LogP contribution in [-0.4, -0.2) is 15.2 Å². The van der Waals surface area contributed by atoms with Crippen LogP contribution >= 0.6 is 15.9 Å². The van der Waals surface area contributed by atoms with Crippen LogP contribution in [0.15, 0.2) is 28.7 Å². The molecule has 0 amide bonds. The molecular formula is C9H8BrN5. The van der Waals surface area contributed by atoms with Crippen molar-refractivity contribution >= 4 is 27.7 Å². The molecule has 2 rings (SSSR count). The van der Waals surface area contributed by atoms with Crippen LogP contribution < -0.4 is 11.5 Å². The minimum atomic E-state index is 0.0752. The zero-order valence-electron chi connectivity index (χ0n) is 7.68. The Bertz CT molecular complexity index is 500. The van der Waals surface area contributed by atoms with E-state index < -0.39 is 0 Å². The Labute approximate surface area is 94.7 Å². The van der Waals surface area contributed by atoms with E-state index in [1.165, 1.54) is 0 Å². The van der Waals surface area contributed by atoms with Crippen molar-refractivity contribution in [1.82, 2.24) is 15.2 Å². The van der Waals surface area contributed by atoms with Gasteiger partial charge in [-0.15, -0.1) is 10.2 Å². The van der Waals surface area contributed by atoms with Gasteiger partial charge in [-0.2, -0.15) is 4.98 Å². The highest BCUT2D eigenvalue weighted by atomic mass is 79.9. The van der Waals surface area contributed by atoms with Gasteiger partial charge in [0.2, 0.25) is 5.95 Å². The van der Waals surface area contributed by atoms with Crippen LogP contribution in [0, 0.1) is 0 Å². The van der Waals surface area contributed by atoms with Gasteiger partial charge in [-0.1, -0.05) is 28.1 Å². The molecule has 4 N–H and O–H groups in total. The Morgan fingerprint density at radius 3 is 2.60 bits per heavy atom. The van der Waals surface area contributed by atoms with E-state index in [4.69, 9.17) is 11.5 Å². The second-order valence-corrected chi connectivity index (χ2v) is 3.83. The van der Waals surface area contributed by atoms with Crippen LogP contribution in [0.1, 0.15) is 0 Å². The number of benzene rings is 1. The summed E-state index contributed by atoms with van der Waals surface area (Å²) in [6.07, 6.45) is 0. The van der Waals surface area contributed by atoms with Crippen LogP contribution in [0.5, 0.6) is 0 Å². The number of nitrogens with two attached hydrogens (primary N) is 2. The predicted molar refractivity (Wildman–Crippen MR) is 61.8 cm³/mol. The first-order valence-corrected chi connectivity index (χ1v) is 4.98. The normalized spacial score (nSPS) is 10.2.